The van der Waals surface area contributed by atoms with E-state index in [1.807, 2.05) is 0 Å². The molecule has 162 valence electrons. The molecule has 1 aromatic carbocycles. The van der Waals surface area contributed by atoms with Crippen molar-refractivity contribution in [1.29, 1.82) is 0 Å². The van der Waals surface area contributed by atoms with E-state index in [2.05, 4.69) is 16.7 Å². The van der Waals surface area contributed by atoms with Gasteiger partial charge >= 0.3 is 6.18 Å². The highest BCUT2D eigenvalue weighted by molar-refractivity contribution is 5.92. The van der Waals surface area contributed by atoms with E-state index in [4.69, 9.17) is 0 Å². The summed E-state index contributed by atoms with van der Waals surface area (Å²) in [6.07, 6.45) is -3.12. The van der Waals surface area contributed by atoms with Crippen molar-refractivity contribution in [3.05, 3.63) is 58.9 Å². The van der Waals surface area contributed by atoms with Crippen LogP contribution < -0.4 is 5.56 Å². The first kappa shape index (κ1) is 20.8. The van der Waals surface area contributed by atoms with Gasteiger partial charge in [0.25, 0.3) is 11.5 Å². The summed E-state index contributed by atoms with van der Waals surface area (Å²) in [4.78, 5) is 30.2. The Labute approximate surface area is 173 Å². The average Bonchev–Trinajstić information content (AvgIpc) is 3.06. The largest absolute Gasteiger partial charge is 0.416 e. The number of rotatable bonds is 4. The van der Waals surface area contributed by atoms with Gasteiger partial charge < -0.3 is 4.90 Å². The molecule has 2 aromatic heterocycles. The van der Waals surface area contributed by atoms with Crippen molar-refractivity contribution in [3.63, 3.8) is 0 Å². The maximum atomic E-state index is 13.1. The molecule has 31 heavy (non-hydrogen) atoms. The first-order valence-electron chi connectivity index (χ1n) is 9.40. The Balaban J connectivity index is 1.80. The molecule has 4 rings (SSSR count). The third kappa shape index (κ3) is 3.49. The van der Waals surface area contributed by atoms with Crippen molar-refractivity contribution < 1.29 is 22.4 Å². The number of likely N-dealkylation sites (tertiary alicyclic amines) is 1. The van der Waals surface area contributed by atoms with Crippen LogP contribution in [-0.2, 0) is 17.5 Å². The lowest BCUT2D eigenvalue weighted by molar-refractivity contribution is -0.137. The van der Waals surface area contributed by atoms with Gasteiger partial charge in [0.2, 0.25) is 0 Å². The van der Waals surface area contributed by atoms with E-state index >= 15 is 0 Å². The van der Waals surface area contributed by atoms with Gasteiger partial charge in [-0.1, -0.05) is 18.7 Å². The number of halogens is 4. The number of carbonyl (C=O) groups excluding carboxylic acids is 1. The summed E-state index contributed by atoms with van der Waals surface area (Å²) in [5, 5.41) is 4.45. The first-order chi connectivity index (χ1) is 14.6. The lowest BCUT2D eigenvalue weighted by Gasteiger charge is -2.38. The van der Waals surface area contributed by atoms with Gasteiger partial charge in [-0.05, 0) is 19.1 Å². The van der Waals surface area contributed by atoms with E-state index in [1.165, 1.54) is 32.6 Å². The highest BCUT2D eigenvalue weighted by Gasteiger charge is 2.36. The molecule has 0 aliphatic carbocycles. The molecule has 1 aliphatic heterocycles. The van der Waals surface area contributed by atoms with Gasteiger partial charge in [-0.2, -0.15) is 18.3 Å². The fourth-order valence-electron chi connectivity index (χ4n) is 3.51. The SMILES string of the molecule is C=C(F)C(=O)N1CC(n2nc(-c3ccc(C(F)(F)F)cc3)c3ncn(CC)c(=O)c32)C1. The molecule has 1 aliphatic rings. The van der Waals surface area contributed by atoms with Gasteiger partial charge in [0.15, 0.2) is 11.3 Å². The number of nitrogens with zero attached hydrogens (tertiary/aromatic N) is 5. The lowest BCUT2D eigenvalue weighted by Crippen LogP contribution is -2.51. The molecule has 1 saturated heterocycles. The third-order valence-electron chi connectivity index (χ3n) is 5.23. The molecule has 11 heteroatoms. The van der Waals surface area contributed by atoms with Crippen LogP contribution in [0.4, 0.5) is 17.6 Å². The van der Waals surface area contributed by atoms with Crippen LogP contribution in [0.15, 0.2) is 47.8 Å². The Morgan fingerprint density at radius 1 is 1.23 bits per heavy atom. The van der Waals surface area contributed by atoms with Crippen molar-refractivity contribution in [1.82, 2.24) is 24.2 Å². The van der Waals surface area contributed by atoms with Crippen LogP contribution in [0.5, 0.6) is 0 Å². The van der Waals surface area contributed by atoms with Gasteiger partial charge in [0.05, 0.1) is 17.9 Å². The van der Waals surface area contributed by atoms with Crippen LogP contribution in [0.1, 0.15) is 18.5 Å². The van der Waals surface area contributed by atoms with E-state index in [9.17, 15) is 27.2 Å². The number of hydrogen-bond donors (Lipinski definition) is 0. The Bertz CT molecular complexity index is 1240. The highest BCUT2D eigenvalue weighted by Crippen LogP contribution is 2.33. The second-order valence-electron chi connectivity index (χ2n) is 7.17. The molecule has 0 saturated carbocycles. The molecular weight excluding hydrogens is 418 g/mol. The zero-order chi connectivity index (χ0) is 22.5. The number of alkyl halides is 3. The number of carbonyl (C=O) groups is 1. The maximum Gasteiger partial charge on any atom is 0.416 e. The van der Waals surface area contributed by atoms with Gasteiger partial charge in [-0.25, -0.2) is 9.37 Å². The normalized spacial score (nSPS) is 14.7. The number of aryl methyl sites for hydroxylation is 1. The Hall–Kier alpha value is -3.50. The minimum absolute atomic E-state index is 0.117. The Kier molecular flexibility index (Phi) is 4.91. The summed E-state index contributed by atoms with van der Waals surface area (Å²) < 4.78 is 54.6. The molecule has 1 amide bonds. The first-order valence-corrected chi connectivity index (χ1v) is 9.40. The number of hydrogen-bond acceptors (Lipinski definition) is 4. The molecule has 3 heterocycles. The van der Waals surface area contributed by atoms with Gasteiger partial charge in [0.1, 0.15) is 11.2 Å². The van der Waals surface area contributed by atoms with Crippen LogP contribution in [0.25, 0.3) is 22.3 Å². The van der Waals surface area contributed by atoms with Crippen molar-refractivity contribution in [3.8, 4) is 11.3 Å². The monoisotopic (exact) mass is 435 g/mol. The van der Waals surface area contributed by atoms with Crippen LogP contribution >= 0.6 is 0 Å². The fraction of sp³-hybridized carbons (Fsp3) is 0.300. The van der Waals surface area contributed by atoms with E-state index in [-0.39, 0.29) is 35.4 Å². The molecule has 0 unspecified atom stereocenters. The predicted molar refractivity (Wildman–Crippen MR) is 104 cm³/mol. The van der Waals surface area contributed by atoms with Crippen molar-refractivity contribution in [2.24, 2.45) is 0 Å². The summed E-state index contributed by atoms with van der Waals surface area (Å²) in [6.45, 7) is 5.35. The van der Waals surface area contributed by atoms with Crippen LogP contribution in [-0.4, -0.2) is 43.2 Å². The van der Waals surface area contributed by atoms with E-state index in [0.717, 1.165) is 12.1 Å². The molecular formula is C20H17F4N5O2. The average molecular weight is 435 g/mol. The number of fused-ring (bicyclic) bond motifs is 1. The number of amides is 1. The van der Waals surface area contributed by atoms with Gasteiger partial charge in [-0.15, -0.1) is 0 Å². The van der Waals surface area contributed by atoms with Crippen molar-refractivity contribution in [2.45, 2.75) is 25.7 Å². The highest BCUT2D eigenvalue weighted by atomic mass is 19.4. The minimum atomic E-state index is -4.48. The van der Waals surface area contributed by atoms with Gasteiger partial charge in [-0.3, -0.25) is 18.8 Å². The fourth-order valence-corrected chi connectivity index (χ4v) is 3.51. The molecule has 0 radical (unpaired) electrons. The van der Waals surface area contributed by atoms with Crippen LogP contribution in [0, 0.1) is 0 Å². The lowest BCUT2D eigenvalue weighted by atomic mass is 10.1. The molecule has 0 bridgehead atoms. The summed E-state index contributed by atoms with van der Waals surface area (Å²) in [5.74, 6) is -1.91. The summed E-state index contributed by atoms with van der Waals surface area (Å²) in [6, 6.07) is 4.00. The van der Waals surface area contributed by atoms with Gasteiger partial charge in [0, 0.05) is 25.2 Å². The van der Waals surface area contributed by atoms with E-state index < -0.39 is 29.5 Å². The predicted octanol–water partition coefficient (Wildman–Crippen LogP) is 3.17. The van der Waals surface area contributed by atoms with E-state index in [1.54, 1.807) is 6.92 Å². The molecule has 1 fully saturated rings. The second-order valence-corrected chi connectivity index (χ2v) is 7.17. The third-order valence-corrected chi connectivity index (χ3v) is 5.23. The second kappa shape index (κ2) is 7.33. The Morgan fingerprint density at radius 3 is 2.42 bits per heavy atom. The maximum absolute atomic E-state index is 13.1. The number of benzene rings is 1. The topological polar surface area (TPSA) is 73.0 Å². The van der Waals surface area contributed by atoms with Crippen LogP contribution in [0.2, 0.25) is 0 Å². The quantitative estimate of drug-likeness (QED) is 0.466. The molecule has 0 N–H and O–H groups in total. The zero-order valence-corrected chi connectivity index (χ0v) is 16.4. The minimum Gasteiger partial charge on any atom is -0.332 e. The van der Waals surface area contributed by atoms with Crippen molar-refractivity contribution >= 4 is 16.9 Å². The molecule has 7 nitrogen and oxygen atoms in total. The smallest absolute Gasteiger partial charge is 0.332 e. The van der Waals surface area contributed by atoms with Crippen molar-refractivity contribution in [2.75, 3.05) is 13.1 Å². The van der Waals surface area contributed by atoms with Crippen LogP contribution in [0.3, 0.4) is 0 Å². The Morgan fingerprint density at radius 2 is 1.87 bits per heavy atom. The molecule has 0 atom stereocenters. The summed E-state index contributed by atoms with van der Waals surface area (Å²) in [7, 11) is 0. The molecule has 0 spiro atoms. The summed E-state index contributed by atoms with van der Waals surface area (Å²) in [5.41, 5.74) is -0.130. The summed E-state index contributed by atoms with van der Waals surface area (Å²) >= 11 is 0. The van der Waals surface area contributed by atoms with E-state index in [0.29, 0.717) is 12.1 Å². The standard InChI is InChI=1S/C20H17F4N5O2/c1-3-27-10-25-16-15(12-4-6-13(7-5-12)20(22,23)24)26-29(17(16)19(27)31)14-8-28(9-14)18(30)11(2)21/h4-7,10,14H,2-3,8-9H2,1H3. The number of aromatic nitrogens is 4. The molecule has 3 aromatic rings. The zero-order valence-electron chi connectivity index (χ0n) is 16.4.